The number of nitrogens with zero attached hydrogens (tertiary/aromatic N) is 1. The van der Waals surface area contributed by atoms with E-state index in [2.05, 4.69) is 12.2 Å². The molecule has 3 rings (SSSR count). The fourth-order valence-electron chi connectivity index (χ4n) is 2.80. The summed E-state index contributed by atoms with van der Waals surface area (Å²) in [7, 11) is 0. The van der Waals surface area contributed by atoms with Crippen LogP contribution >= 0.6 is 0 Å². The van der Waals surface area contributed by atoms with Crippen LogP contribution in [0.1, 0.15) is 47.7 Å². The van der Waals surface area contributed by atoms with E-state index < -0.39 is 0 Å². The van der Waals surface area contributed by atoms with Crippen LogP contribution < -0.4 is 5.32 Å². The standard InChI is InChI=1S/C16H18N2O3/c1-4-21-16(20)12-6-5-11-7-14-15(19)17-9(2)10(3)18(14)13(11)8-12/h5-10H,4H2,1-3H3,(H,17,19)/t9-,10-/m1/s1. The first-order chi connectivity index (χ1) is 10.0. The van der Waals surface area contributed by atoms with Gasteiger partial charge < -0.3 is 14.6 Å². The summed E-state index contributed by atoms with van der Waals surface area (Å²) in [6.07, 6.45) is 0. The minimum absolute atomic E-state index is 0.0480. The number of esters is 1. The molecule has 1 aliphatic heterocycles. The first kappa shape index (κ1) is 13.7. The number of ether oxygens (including phenoxy) is 1. The smallest absolute Gasteiger partial charge is 0.338 e. The Balaban J connectivity index is 2.17. The molecule has 0 unspecified atom stereocenters. The van der Waals surface area contributed by atoms with Crippen LogP contribution in [0.2, 0.25) is 0 Å². The highest BCUT2D eigenvalue weighted by molar-refractivity contribution is 6.01. The Bertz CT molecular complexity index is 732. The summed E-state index contributed by atoms with van der Waals surface area (Å²) in [6, 6.07) is 7.44. The molecule has 2 aromatic rings. The van der Waals surface area contributed by atoms with E-state index in [0.29, 0.717) is 17.9 Å². The van der Waals surface area contributed by atoms with Gasteiger partial charge in [-0.1, -0.05) is 6.07 Å². The van der Waals surface area contributed by atoms with Gasteiger partial charge in [-0.05, 0) is 39.0 Å². The summed E-state index contributed by atoms with van der Waals surface area (Å²) in [5.74, 6) is -0.412. The summed E-state index contributed by atoms with van der Waals surface area (Å²) in [6.45, 7) is 6.17. The number of hydrogen-bond acceptors (Lipinski definition) is 3. The number of aromatic nitrogens is 1. The third-order valence-corrected chi connectivity index (χ3v) is 4.08. The number of rotatable bonds is 2. The fourth-order valence-corrected chi connectivity index (χ4v) is 2.80. The van der Waals surface area contributed by atoms with E-state index in [4.69, 9.17) is 4.74 Å². The highest BCUT2D eigenvalue weighted by atomic mass is 16.5. The van der Waals surface area contributed by atoms with E-state index in [-0.39, 0.29) is 24.0 Å². The zero-order valence-electron chi connectivity index (χ0n) is 12.3. The van der Waals surface area contributed by atoms with Crippen molar-refractivity contribution in [2.45, 2.75) is 32.9 Å². The average Bonchev–Trinajstić information content (AvgIpc) is 2.84. The zero-order valence-corrected chi connectivity index (χ0v) is 12.3. The molecule has 0 fully saturated rings. The minimum Gasteiger partial charge on any atom is -0.462 e. The maximum absolute atomic E-state index is 12.1. The van der Waals surface area contributed by atoms with Crippen molar-refractivity contribution in [2.24, 2.45) is 0 Å². The lowest BCUT2D eigenvalue weighted by atomic mass is 10.1. The van der Waals surface area contributed by atoms with E-state index in [9.17, 15) is 9.59 Å². The van der Waals surface area contributed by atoms with Crippen molar-refractivity contribution in [3.63, 3.8) is 0 Å². The third-order valence-electron chi connectivity index (χ3n) is 4.08. The van der Waals surface area contributed by atoms with Crippen LogP contribution in [0.15, 0.2) is 24.3 Å². The predicted octanol–water partition coefficient (Wildman–Crippen LogP) is 2.51. The molecule has 0 radical (unpaired) electrons. The molecule has 0 bridgehead atoms. The van der Waals surface area contributed by atoms with Crippen LogP contribution in [0.5, 0.6) is 0 Å². The Morgan fingerprint density at radius 3 is 2.81 bits per heavy atom. The van der Waals surface area contributed by atoms with Crippen LogP contribution in [-0.4, -0.2) is 29.1 Å². The van der Waals surface area contributed by atoms with Crippen molar-refractivity contribution >= 4 is 22.8 Å². The van der Waals surface area contributed by atoms with Crippen molar-refractivity contribution in [3.8, 4) is 0 Å². The normalized spacial score (nSPS) is 21.0. The van der Waals surface area contributed by atoms with E-state index in [1.807, 2.05) is 23.6 Å². The number of benzene rings is 1. The second-order valence-electron chi connectivity index (χ2n) is 5.40. The van der Waals surface area contributed by atoms with Crippen LogP contribution in [0.25, 0.3) is 10.9 Å². The minimum atomic E-state index is -0.337. The van der Waals surface area contributed by atoms with Crippen molar-refractivity contribution in [3.05, 3.63) is 35.5 Å². The molecular weight excluding hydrogens is 268 g/mol. The number of hydrogen-bond donors (Lipinski definition) is 1. The Labute approximate surface area is 122 Å². The Morgan fingerprint density at radius 2 is 2.10 bits per heavy atom. The molecule has 1 N–H and O–H groups in total. The molecule has 110 valence electrons. The molecule has 1 aliphatic rings. The summed E-state index contributed by atoms with van der Waals surface area (Å²) >= 11 is 0. The maximum Gasteiger partial charge on any atom is 0.338 e. The van der Waals surface area contributed by atoms with Crippen LogP contribution in [0, 0.1) is 0 Å². The lowest BCUT2D eigenvalue weighted by molar-refractivity contribution is 0.0526. The maximum atomic E-state index is 12.1. The number of nitrogens with one attached hydrogen (secondary N) is 1. The second-order valence-corrected chi connectivity index (χ2v) is 5.40. The molecule has 21 heavy (non-hydrogen) atoms. The molecule has 0 saturated carbocycles. The van der Waals surface area contributed by atoms with E-state index >= 15 is 0 Å². The summed E-state index contributed by atoms with van der Waals surface area (Å²) in [5, 5.41) is 3.91. The SMILES string of the molecule is CCOC(=O)c1ccc2cc3n(c2c1)[C@H](C)[C@@H](C)NC3=O. The molecule has 2 atom stereocenters. The first-order valence-corrected chi connectivity index (χ1v) is 7.16. The van der Waals surface area contributed by atoms with Gasteiger partial charge in [0.15, 0.2) is 0 Å². The molecule has 1 aromatic carbocycles. The van der Waals surface area contributed by atoms with Gasteiger partial charge in [0.2, 0.25) is 0 Å². The molecule has 5 nitrogen and oxygen atoms in total. The fraction of sp³-hybridized carbons (Fsp3) is 0.375. The number of carbonyl (C=O) groups excluding carboxylic acids is 2. The van der Waals surface area contributed by atoms with Gasteiger partial charge in [0.05, 0.1) is 18.2 Å². The van der Waals surface area contributed by atoms with Crippen LogP contribution in [0.3, 0.4) is 0 Å². The number of amides is 1. The lowest BCUT2D eigenvalue weighted by Crippen LogP contribution is -2.44. The molecular formula is C16H18N2O3. The van der Waals surface area contributed by atoms with Gasteiger partial charge in [0, 0.05) is 16.9 Å². The largest absolute Gasteiger partial charge is 0.462 e. The van der Waals surface area contributed by atoms with Gasteiger partial charge in [-0.3, -0.25) is 4.79 Å². The predicted molar refractivity (Wildman–Crippen MR) is 79.5 cm³/mol. The number of carbonyl (C=O) groups is 2. The summed E-state index contributed by atoms with van der Waals surface area (Å²) in [4.78, 5) is 24.0. The van der Waals surface area contributed by atoms with Gasteiger partial charge in [0.1, 0.15) is 5.69 Å². The monoisotopic (exact) mass is 286 g/mol. The molecule has 1 aromatic heterocycles. The van der Waals surface area contributed by atoms with E-state index in [1.54, 1.807) is 19.1 Å². The Kier molecular flexibility index (Phi) is 3.20. The van der Waals surface area contributed by atoms with Crippen LogP contribution in [-0.2, 0) is 4.74 Å². The van der Waals surface area contributed by atoms with Gasteiger partial charge >= 0.3 is 5.97 Å². The number of fused-ring (bicyclic) bond motifs is 3. The molecule has 0 aliphatic carbocycles. The Morgan fingerprint density at radius 1 is 1.33 bits per heavy atom. The van der Waals surface area contributed by atoms with Crippen molar-refractivity contribution in [1.82, 2.24) is 9.88 Å². The summed E-state index contributed by atoms with van der Waals surface area (Å²) < 4.78 is 7.04. The Hall–Kier alpha value is -2.30. The highest BCUT2D eigenvalue weighted by Gasteiger charge is 2.29. The zero-order chi connectivity index (χ0) is 15.1. The van der Waals surface area contributed by atoms with Crippen molar-refractivity contribution < 1.29 is 14.3 Å². The van der Waals surface area contributed by atoms with Crippen molar-refractivity contribution in [1.29, 1.82) is 0 Å². The van der Waals surface area contributed by atoms with Crippen LogP contribution in [0.4, 0.5) is 0 Å². The van der Waals surface area contributed by atoms with E-state index in [0.717, 1.165) is 10.9 Å². The topological polar surface area (TPSA) is 60.3 Å². The van der Waals surface area contributed by atoms with Crippen molar-refractivity contribution in [2.75, 3.05) is 6.61 Å². The van der Waals surface area contributed by atoms with Gasteiger partial charge in [-0.2, -0.15) is 0 Å². The van der Waals surface area contributed by atoms with E-state index in [1.165, 1.54) is 0 Å². The first-order valence-electron chi connectivity index (χ1n) is 7.16. The highest BCUT2D eigenvalue weighted by Crippen LogP contribution is 2.29. The molecule has 0 saturated heterocycles. The molecule has 0 spiro atoms. The summed E-state index contributed by atoms with van der Waals surface area (Å²) in [5.41, 5.74) is 2.04. The third kappa shape index (κ3) is 2.09. The van der Waals surface area contributed by atoms with Gasteiger partial charge in [-0.15, -0.1) is 0 Å². The molecule has 5 heteroatoms. The average molecular weight is 286 g/mol. The second kappa shape index (κ2) is 4.91. The van der Waals surface area contributed by atoms with Gasteiger partial charge in [-0.25, -0.2) is 4.79 Å². The quantitative estimate of drug-likeness (QED) is 0.863. The van der Waals surface area contributed by atoms with Gasteiger partial charge in [0.25, 0.3) is 5.91 Å². The molecule has 2 heterocycles. The lowest BCUT2D eigenvalue weighted by Gasteiger charge is -2.30. The molecule has 1 amide bonds.